The highest BCUT2D eigenvalue weighted by Gasteiger charge is 2.32. The first-order valence-electron chi connectivity index (χ1n) is 9.76. The lowest BCUT2D eigenvalue weighted by Crippen LogP contribution is -2.40. The molecule has 3 heterocycles. The third kappa shape index (κ3) is 5.07. The van der Waals surface area contributed by atoms with E-state index >= 15 is 0 Å². The van der Waals surface area contributed by atoms with Crippen LogP contribution >= 0.6 is 0 Å². The molecule has 12 heteroatoms. The number of hydrogen-bond acceptors (Lipinski definition) is 7. The average Bonchev–Trinajstić information content (AvgIpc) is 3.24. The van der Waals surface area contributed by atoms with Crippen molar-refractivity contribution in [3.63, 3.8) is 0 Å². The van der Waals surface area contributed by atoms with Crippen LogP contribution in [0.3, 0.4) is 0 Å². The summed E-state index contributed by atoms with van der Waals surface area (Å²) in [4.78, 5) is 15.0. The van der Waals surface area contributed by atoms with Crippen molar-refractivity contribution in [2.24, 2.45) is 0 Å². The third-order valence-electron chi connectivity index (χ3n) is 5.07. The highest BCUT2D eigenvalue weighted by Crippen LogP contribution is 2.37. The summed E-state index contributed by atoms with van der Waals surface area (Å²) in [5.41, 5.74) is 0.454. The quantitative estimate of drug-likeness (QED) is 0.582. The molecule has 1 aromatic carbocycles. The molecule has 0 spiro atoms. The normalized spacial score (nSPS) is 16.8. The Morgan fingerprint density at radius 2 is 2.06 bits per heavy atom. The lowest BCUT2D eigenvalue weighted by atomic mass is 10.1. The number of nitrogens with one attached hydrogen (secondary N) is 1. The molecule has 2 N–H and O–H groups in total. The SMILES string of the molecule is COc1cc(C(F)(F)F)ccc1-c1nnc(N[C@@H]2CCCN(C)C2)n2ccnc12.O=CO. The number of likely N-dealkylation sites (N-methyl/N-ethyl adjacent to an activating group) is 1. The van der Waals surface area contributed by atoms with Crippen molar-refractivity contribution >= 4 is 18.1 Å². The predicted octanol–water partition coefficient (Wildman–Crippen LogP) is 3.03. The number of imidazole rings is 1. The van der Waals surface area contributed by atoms with E-state index in [4.69, 9.17) is 14.6 Å². The molecule has 2 aromatic heterocycles. The molecule has 172 valence electrons. The van der Waals surface area contributed by atoms with Crippen molar-refractivity contribution in [2.75, 3.05) is 32.6 Å². The summed E-state index contributed by atoms with van der Waals surface area (Å²) in [7, 11) is 3.40. The number of ether oxygens (including phenoxy) is 1. The van der Waals surface area contributed by atoms with Gasteiger partial charge in [-0.25, -0.2) is 4.98 Å². The fraction of sp³-hybridized carbons (Fsp3) is 0.400. The Balaban J connectivity index is 0.000000913. The van der Waals surface area contributed by atoms with E-state index in [1.54, 1.807) is 16.8 Å². The van der Waals surface area contributed by atoms with Gasteiger partial charge in [-0.1, -0.05) is 0 Å². The summed E-state index contributed by atoms with van der Waals surface area (Å²) in [5.74, 6) is 0.612. The minimum Gasteiger partial charge on any atom is -0.496 e. The maximum atomic E-state index is 13.0. The Hall–Kier alpha value is -3.41. The number of anilines is 1. The maximum Gasteiger partial charge on any atom is 0.416 e. The number of hydrogen-bond donors (Lipinski definition) is 2. The van der Waals surface area contributed by atoms with Crippen LogP contribution in [0.15, 0.2) is 30.6 Å². The van der Waals surface area contributed by atoms with Gasteiger partial charge in [0.25, 0.3) is 6.47 Å². The standard InChI is InChI=1S/C19H21F3N6O.CH2O2/c1-27-8-3-4-13(11-27)24-18-26-25-16(17-23-7-9-28(17)18)14-6-5-12(19(20,21)22)10-15(14)29-2;2-1-3/h5-7,9-10,13H,3-4,8,11H2,1-2H3,(H,24,26);1H,(H,2,3)/t13-;/m1./s1. The lowest BCUT2D eigenvalue weighted by molar-refractivity contribution is -0.137. The lowest BCUT2D eigenvalue weighted by Gasteiger charge is -2.30. The highest BCUT2D eigenvalue weighted by molar-refractivity contribution is 5.79. The Morgan fingerprint density at radius 3 is 2.72 bits per heavy atom. The number of nitrogens with zero attached hydrogens (tertiary/aromatic N) is 5. The summed E-state index contributed by atoms with van der Waals surface area (Å²) in [6.07, 6.45) is 1.02. The third-order valence-corrected chi connectivity index (χ3v) is 5.07. The molecule has 1 aliphatic rings. The van der Waals surface area contributed by atoms with Crippen molar-refractivity contribution < 1.29 is 27.8 Å². The van der Waals surface area contributed by atoms with Gasteiger partial charge in [-0.2, -0.15) is 13.2 Å². The molecule has 1 fully saturated rings. The second kappa shape index (κ2) is 9.81. The van der Waals surface area contributed by atoms with Gasteiger partial charge >= 0.3 is 6.18 Å². The van der Waals surface area contributed by atoms with Crippen molar-refractivity contribution in [1.29, 1.82) is 0 Å². The largest absolute Gasteiger partial charge is 0.496 e. The molecule has 0 radical (unpaired) electrons. The zero-order chi connectivity index (χ0) is 23.3. The van der Waals surface area contributed by atoms with E-state index in [0.717, 1.165) is 38.1 Å². The number of carbonyl (C=O) groups is 1. The number of piperidine rings is 1. The zero-order valence-corrected chi connectivity index (χ0v) is 17.5. The van der Waals surface area contributed by atoms with Crippen LogP contribution in [0.4, 0.5) is 19.1 Å². The van der Waals surface area contributed by atoms with E-state index in [2.05, 4.69) is 32.4 Å². The van der Waals surface area contributed by atoms with Crippen molar-refractivity contribution in [1.82, 2.24) is 24.5 Å². The molecule has 0 aliphatic carbocycles. The van der Waals surface area contributed by atoms with Gasteiger partial charge < -0.3 is 20.1 Å². The smallest absolute Gasteiger partial charge is 0.416 e. The molecule has 1 aliphatic heterocycles. The number of benzene rings is 1. The van der Waals surface area contributed by atoms with Crippen molar-refractivity contribution in [3.8, 4) is 17.0 Å². The van der Waals surface area contributed by atoms with Gasteiger partial charge in [0.15, 0.2) is 5.65 Å². The highest BCUT2D eigenvalue weighted by atomic mass is 19.4. The summed E-state index contributed by atoms with van der Waals surface area (Å²) >= 11 is 0. The van der Waals surface area contributed by atoms with Gasteiger partial charge in [0, 0.05) is 30.5 Å². The number of carboxylic acid groups (broad SMARTS) is 1. The van der Waals surface area contributed by atoms with E-state index < -0.39 is 11.7 Å². The molecule has 1 atom stereocenters. The Morgan fingerprint density at radius 1 is 1.31 bits per heavy atom. The molecule has 0 amide bonds. The number of rotatable bonds is 4. The topological polar surface area (TPSA) is 105 Å². The van der Waals surface area contributed by atoms with Crippen LogP contribution in [0.25, 0.3) is 16.9 Å². The molecule has 0 saturated carbocycles. The van der Waals surface area contributed by atoms with Crippen LogP contribution in [0, 0.1) is 0 Å². The summed E-state index contributed by atoms with van der Waals surface area (Å²) in [6, 6.07) is 3.53. The van der Waals surface area contributed by atoms with Crippen LogP contribution in [-0.2, 0) is 11.0 Å². The van der Waals surface area contributed by atoms with E-state index in [-0.39, 0.29) is 18.3 Å². The Kier molecular flexibility index (Phi) is 7.13. The van der Waals surface area contributed by atoms with Gasteiger partial charge in [-0.3, -0.25) is 9.20 Å². The van der Waals surface area contributed by atoms with Crippen LogP contribution in [0.2, 0.25) is 0 Å². The van der Waals surface area contributed by atoms with E-state index in [1.807, 2.05) is 0 Å². The van der Waals surface area contributed by atoms with Gasteiger partial charge in [0.1, 0.15) is 11.4 Å². The van der Waals surface area contributed by atoms with Crippen molar-refractivity contribution in [3.05, 3.63) is 36.2 Å². The number of methoxy groups -OCH3 is 1. The number of likely N-dealkylation sites (tertiary alicyclic amines) is 1. The summed E-state index contributed by atoms with van der Waals surface area (Å²) in [6.45, 7) is 1.71. The average molecular weight is 452 g/mol. The maximum absolute atomic E-state index is 13.0. The Labute approximate surface area is 181 Å². The summed E-state index contributed by atoms with van der Waals surface area (Å²) < 4.78 is 46.1. The van der Waals surface area contributed by atoms with E-state index in [0.29, 0.717) is 22.9 Å². The first-order chi connectivity index (χ1) is 15.3. The molecule has 3 aromatic rings. The van der Waals surface area contributed by atoms with Gasteiger partial charge in [-0.15, -0.1) is 10.2 Å². The molecular weight excluding hydrogens is 429 g/mol. The monoisotopic (exact) mass is 452 g/mol. The van der Waals surface area contributed by atoms with Gasteiger partial charge in [0.2, 0.25) is 5.95 Å². The molecule has 1 saturated heterocycles. The van der Waals surface area contributed by atoms with Crippen LogP contribution in [-0.4, -0.2) is 69.3 Å². The fourth-order valence-electron chi connectivity index (χ4n) is 3.64. The number of halogens is 3. The van der Waals surface area contributed by atoms with Crippen LogP contribution in [0.1, 0.15) is 18.4 Å². The molecule has 9 nitrogen and oxygen atoms in total. The first kappa shape index (κ1) is 23.3. The molecule has 0 bridgehead atoms. The van der Waals surface area contributed by atoms with Gasteiger partial charge in [-0.05, 0) is 44.6 Å². The van der Waals surface area contributed by atoms with Crippen LogP contribution in [0.5, 0.6) is 5.75 Å². The molecular formula is C20H23F3N6O3. The minimum absolute atomic E-state index is 0.0636. The molecule has 0 unspecified atom stereocenters. The molecule has 32 heavy (non-hydrogen) atoms. The Bertz CT molecular complexity index is 1070. The fourth-order valence-corrected chi connectivity index (χ4v) is 3.64. The minimum atomic E-state index is -4.46. The molecule has 4 rings (SSSR count). The second-order valence-corrected chi connectivity index (χ2v) is 7.26. The predicted molar refractivity (Wildman–Crippen MR) is 111 cm³/mol. The zero-order valence-electron chi connectivity index (χ0n) is 17.5. The van der Waals surface area contributed by atoms with Crippen LogP contribution < -0.4 is 10.1 Å². The van der Waals surface area contributed by atoms with E-state index in [9.17, 15) is 13.2 Å². The summed E-state index contributed by atoms with van der Waals surface area (Å²) in [5, 5.41) is 18.8. The second-order valence-electron chi connectivity index (χ2n) is 7.26. The van der Waals surface area contributed by atoms with Crippen molar-refractivity contribution in [2.45, 2.75) is 25.1 Å². The van der Waals surface area contributed by atoms with Gasteiger partial charge in [0.05, 0.1) is 12.7 Å². The number of fused-ring (bicyclic) bond motifs is 1. The first-order valence-corrected chi connectivity index (χ1v) is 9.76. The number of alkyl halides is 3. The van der Waals surface area contributed by atoms with E-state index in [1.165, 1.54) is 13.2 Å². The number of aromatic nitrogens is 4.